The minimum atomic E-state index is -1.08. The lowest BCUT2D eigenvalue weighted by atomic mass is 10.2. The van der Waals surface area contributed by atoms with Gasteiger partial charge in [0.15, 0.2) is 11.0 Å². The number of thioether (sulfide) groups is 1. The molecule has 1 N–H and O–H groups in total. The number of hydrogen-bond acceptors (Lipinski definition) is 6. The van der Waals surface area contributed by atoms with Crippen LogP contribution in [0.4, 0.5) is 0 Å². The van der Waals surface area contributed by atoms with E-state index in [1.807, 2.05) is 35.8 Å². The second kappa shape index (κ2) is 7.43. The Labute approximate surface area is 148 Å². The quantitative estimate of drug-likeness (QED) is 0.645. The highest BCUT2D eigenvalue weighted by Crippen LogP contribution is 2.31. The lowest BCUT2D eigenvalue weighted by molar-refractivity contribution is 0.0661. The first-order chi connectivity index (χ1) is 12.1. The summed E-state index contributed by atoms with van der Waals surface area (Å²) in [6.45, 7) is 2.71. The molecule has 8 heteroatoms. The molecule has 0 aliphatic heterocycles. The van der Waals surface area contributed by atoms with Crippen LogP contribution in [0, 0.1) is 0 Å². The maximum atomic E-state index is 10.9. The number of nitrogens with zero attached hydrogens (tertiary/aromatic N) is 3. The van der Waals surface area contributed by atoms with Gasteiger partial charge in [-0.2, -0.15) is 0 Å². The molecule has 0 aliphatic carbocycles. The summed E-state index contributed by atoms with van der Waals surface area (Å²) >= 11 is 1.44. The predicted octanol–water partition coefficient (Wildman–Crippen LogP) is 3.56. The molecular formula is C17H17N3O4S. The van der Waals surface area contributed by atoms with Crippen LogP contribution in [0.15, 0.2) is 46.0 Å². The van der Waals surface area contributed by atoms with Crippen molar-refractivity contribution in [3.05, 3.63) is 47.9 Å². The molecule has 0 unspecified atom stereocenters. The number of ether oxygens (including phenoxy) is 1. The summed E-state index contributed by atoms with van der Waals surface area (Å²) in [4.78, 5) is 10.9. The highest BCUT2D eigenvalue weighted by molar-refractivity contribution is 7.98. The normalized spacial score (nSPS) is 10.8. The van der Waals surface area contributed by atoms with Crippen molar-refractivity contribution in [3.63, 3.8) is 0 Å². The summed E-state index contributed by atoms with van der Waals surface area (Å²) in [5.41, 5.74) is 0.873. The van der Waals surface area contributed by atoms with Crippen molar-refractivity contribution in [2.75, 3.05) is 7.11 Å². The van der Waals surface area contributed by atoms with Crippen LogP contribution in [-0.4, -0.2) is 33.0 Å². The van der Waals surface area contributed by atoms with Gasteiger partial charge in [0, 0.05) is 6.54 Å². The van der Waals surface area contributed by atoms with Crippen LogP contribution >= 0.6 is 11.8 Å². The summed E-state index contributed by atoms with van der Waals surface area (Å²) in [5.74, 6) is 1.36. The number of carbonyl (C=O) groups is 1. The summed E-state index contributed by atoms with van der Waals surface area (Å²) in [5, 5.41) is 18.2. The van der Waals surface area contributed by atoms with Crippen LogP contribution in [0.25, 0.3) is 11.4 Å². The molecule has 3 aromatic rings. The maximum Gasteiger partial charge on any atom is 0.371 e. The van der Waals surface area contributed by atoms with Gasteiger partial charge >= 0.3 is 5.97 Å². The van der Waals surface area contributed by atoms with Crippen molar-refractivity contribution in [1.82, 2.24) is 14.8 Å². The molecule has 25 heavy (non-hydrogen) atoms. The van der Waals surface area contributed by atoms with Crippen LogP contribution in [0.3, 0.4) is 0 Å². The number of benzene rings is 1. The molecule has 0 amide bonds. The molecule has 3 rings (SSSR count). The van der Waals surface area contributed by atoms with E-state index < -0.39 is 5.97 Å². The zero-order valence-corrected chi connectivity index (χ0v) is 14.6. The molecule has 0 aliphatic rings. The monoisotopic (exact) mass is 359 g/mol. The third kappa shape index (κ3) is 3.53. The summed E-state index contributed by atoms with van der Waals surface area (Å²) < 4.78 is 12.7. The Morgan fingerprint density at radius 3 is 2.76 bits per heavy atom. The second-order valence-electron chi connectivity index (χ2n) is 5.11. The summed E-state index contributed by atoms with van der Waals surface area (Å²) in [6, 6.07) is 10.8. The van der Waals surface area contributed by atoms with Gasteiger partial charge in [-0.3, -0.25) is 0 Å². The van der Waals surface area contributed by atoms with Crippen LogP contribution in [0.5, 0.6) is 5.75 Å². The molecule has 0 spiro atoms. The van der Waals surface area contributed by atoms with Gasteiger partial charge in [-0.15, -0.1) is 10.2 Å². The molecule has 0 fully saturated rings. The average molecular weight is 359 g/mol. The van der Waals surface area contributed by atoms with Gasteiger partial charge in [0.2, 0.25) is 5.76 Å². The van der Waals surface area contributed by atoms with E-state index in [0.717, 1.165) is 22.3 Å². The Bertz CT molecular complexity index is 888. The van der Waals surface area contributed by atoms with Gasteiger partial charge in [0.05, 0.1) is 18.4 Å². The maximum absolute atomic E-state index is 10.9. The first kappa shape index (κ1) is 17.1. The van der Waals surface area contributed by atoms with Gasteiger partial charge in [-0.1, -0.05) is 23.9 Å². The molecule has 7 nitrogen and oxygen atoms in total. The van der Waals surface area contributed by atoms with E-state index in [9.17, 15) is 4.79 Å². The third-order valence-electron chi connectivity index (χ3n) is 3.60. The molecular weight excluding hydrogens is 342 g/mol. The number of aromatic carboxylic acids is 1. The Morgan fingerprint density at radius 2 is 2.08 bits per heavy atom. The minimum Gasteiger partial charge on any atom is -0.496 e. The third-order valence-corrected chi connectivity index (χ3v) is 4.59. The number of carboxylic acid groups (broad SMARTS) is 1. The van der Waals surface area contributed by atoms with Crippen molar-refractivity contribution in [1.29, 1.82) is 0 Å². The smallest absolute Gasteiger partial charge is 0.371 e. The Hall–Kier alpha value is -2.74. The Morgan fingerprint density at radius 1 is 1.28 bits per heavy atom. The highest BCUT2D eigenvalue weighted by Gasteiger charge is 2.17. The van der Waals surface area contributed by atoms with Crippen LogP contribution in [-0.2, 0) is 12.3 Å². The van der Waals surface area contributed by atoms with Crippen LogP contribution < -0.4 is 4.74 Å². The van der Waals surface area contributed by atoms with Gasteiger partial charge in [-0.25, -0.2) is 4.79 Å². The lowest BCUT2D eigenvalue weighted by Crippen LogP contribution is -2.01. The topological polar surface area (TPSA) is 90.4 Å². The molecule has 0 bridgehead atoms. The van der Waals surface area contributed by atoms with E-state index in [2.05, 4.69) is 10.2 Å². The largest absolute Gasteiger partial charge is 0.496 e. The molecule has 0 saturated heterocycles. The fraction of sp³-hybridized carbons (Fsp3) is 0.235. The van der Waals surface area contributed by atoms with Crippen molar-refractivity contribution in [3.8, 4) is 17.1 Å². The van der Waals surface area contributed by atoms with Gasteiger partial charge in [0.1, 0.15) is 11.5 Å². The number of aromatic nitrogens is 3. The molecule has 0 radical (unpaired) electrons. The molecule has 1 aromatic carbocycles. The van der Waals surface area contributed by atoms with Crippen molar-refractivity contribution in [2.45, 2.75) is 24.4 Å². The summed E-state index contributed by atoms with van der Waals surface area (Å²) in [7, 11) is 1.62. The van der Waals surface area contributed by atoms with E-state index in [-0.39, 0.29) is 5.76 Å². The van der Waals surface area contributed by atoms with E-state index in [1.165, 1.54) is 17.8 Å². The van der Waals surface area contributed by atoms with E-state index in [1.54, 1.807) is 13.2 Å². The van der Waals surface area contributed by atoms with Gasteiger partial charge in [-0.05, 0) is 31.2 Å². The van der Waals surface area contributed by atoms with Gasteiger partial charge in [0.25, 0.3) is 0 Å². The molecule has 130 valence electrons. The minimum absolute atomic E-state index is 0.0673. The number of carboxylic acids is 1. The Kier molecular flexibility index (Phi) is 5.08. The molecule has 2 aromatic heterocycles. The van der Waals surface area contributed by atoms with Crippen molar-refractivity contribution in [2.24, 2.45) is 0 Å². The molecule has 0 atom stereocenters. The first-order valence-electron chi connectivity index (χ1n) is 7.65. The standard InChI is InChI=1S/C17H17N3O4S/c1-3-20-15(12-6-4-5-7-13(12)23-2)18-19-17(20)25-10-11-8-9-14(24-11)16(21)22/h4-9H,3,10H2,1-2H3,(H,21,22). The SMILES string of the molecule is CCn1c(SCc2ccc(C(=O)O)o2)nnc1-c1ccccc1OC. The fourth-order valence-electron chi connectivity index (χ4n) is 2.42. The predicted molar refractivity (Wildman–Crippen MR) is 92.9 cm³/mol. The van der Waals surface area contributed by atoms with E-state index in [4.69, 9.17) is 14.3 Å². The van der Waals surface area contributed by atoms with Crippen molar-refractivity contribution < 1.29 is 19.1 Å². The molecule has 2 heterocycles. The fourth-order valence-corrected chi connectivity index (χ4v) is 3.31. The van der Waals surface area contributed by atoms with Crippen LogP contribution in [0.2, 0.25) is 0 Å². The number of furan rings is 1. The first-order valence-corrected chi connectivity index (χ1v) is 8.64. The highest BCUT2D eigenvalue weighted by atomic mass is 32.2. The van der Waals surface area contributed by atoms with Crippen LogP contribution in [0.1, 0.15) is 23.2 Å². The van der Waals surface area contributed by atoms with Crippen molar-refractivity contribution >= 4 is 17.7 Å². The van der Waals surface area contributed by atoms with E-state index >= 15 is 0 Å². The zero-order chi connectivity index (χ0) is 17.8. The zero-order valence-electron chi connectivity index (χ0n) is 13.8. The number of rotatable bonds is 7. The Balaban J connectivity index is 1.83. The number of para-hydroxylation sites is 1. The number of methoxy groups -OCH3 is 1. The van der Waals surface area contributed by atoms with E-state index in [0.29, 0.717) is 18.1 Å². The van der Waals surface area contributed by atoms with Gasteiger partial charge < -0.3 is 18.8 Å². The second-order valence-corrected chi connectivity index (χ2v) is 6.05. The number of hydrogen-bond donors (Lipinski definition) is 1. The lowest BCUT2D eigenvalue weighted by Gasteiger charge is -2.10. The molecule has 0 saturated carbocycles. The summed E-state index contributed by atoms with van der Waals surface area (Å²) in [6.07, 6.45) is 0. The average Bonchev–Trinajstić information content (AvgIpc) is 3.26.